The van der Waals surface area contributed by atoms with Crippen LogP contribution in [-0.4, -0.2) is 29.2 Å². The third-order valence-corrected chi connectivity index (χ3v) is 11.2. The van der Waals surface area contributed by atoms with Crippen LogP contribution in [0.2, 0.25) is 0 Å². The third-order valence-electron chi connectivity index (χ3n) is 11.2. The number of aliphatic hydroxyl groups excluding tert-OH is 1. The molecule has 1 aliphatic heterocycles. The molecule has 5 aliphatic carbocycles. The van der Waals surface area contributed by atoms with E-state index in [2.05, 4.69) is 101 Å². The maximum absolute atomic E-state index is 11.0. The topological polar surface area (TPSA) is 53.5 Å². The van der Waals surface area contributed by atoms with Crippen LogP contribution in [-0.2, 0) is 4.74 Å². The van der Waals surface area contributed by atoms with Gasteiger partial charge in [-0.2, -0.15) is 0 Å². The highest BCUT2D eigenvalue weighted by Crippen LogP contribution is 2.63. The van der Waals surface area contributed by atoms with Crippen LogP contribution in [0.5, 0.6) is 0 Å². The van der Waals surface area contributed by atoms with Crippen LogP contribution >= 0.6 is 0 Å². The highest BCUT2D eigenvalue weighted by molar-refractivity contribution is 5.46. The average Bonchev–Trinajstić information content (AvgIpc) is 3.14. The zero-order valence-electron chi connectivity index (χ0n) is 24.9. The number of fused-ring (bicyclic) bond motifs is 4. The van der Waals surface area contributed by atoms with E-state index in [1.165, 1.54) is 18.5 Å². The summed E-state index contributed by atoms with van der Waals surface area (Å²) in [5, 5.41) is 18.6. The Balaban J connectivity index is 1.39. The fourth-order valence-electron chi connectivity index (χ4n) is 8.33. The van der Waals surface area contributed by atoms with Crippen molar-refractivity contribution in [3.63, 3.8) is 0 Å². The molecule has 6 rings (SSSR count). The predicted octanol–water partition coefficient (Wildman–Crippen LogP) is 6.93. The summed E-state index contributed by atoms with van der Waals surface area (Å²) < 4.78 is 6.78. The molecular weight excluding hydrogens is 480 g/mol. The van der Waals surface area contributed by atoms with Crippen LogP contribution in [0.4, 0.5) is 0 Å². The normalized spacial score (nSPS) is 39.1. The molecule has 0 aromatic carbocycles. The van der Waals surface area contributed by atoms with Gasteiger partial charge in [0.15, 0.2) is 0 Å². The summed E-state index contributed by atoms with van der Waals surface area (Å²) in [5.41, 5.74) is 5.68. The van der Waals surface area contributed by atoms with Gasteiger partial charge in [0.25, 0.3) is 0 Å². The maximum Gasteiger partial charge on any atom is 0.131 e. The van der Waals surface area contributed by atoms with Crippen molar-refractivity contribution >= 4 is 0 Å². The number of rotatable bonds is 5. The molecule has 8 atom stereocenters. The molecule has 0 radical (unpaired) electrons. The number of hydrogen-bond donors (Lipinski definition) is 3. The van der Waals surface area contributed by atoms with Gasteiger partial charge in [0.1, 0.15) is 12.4 Å². The minimum absolute atomic E-state index is 0.105. The predicted molar refractivity (Wildman–Crippen MR) is 159 cm³/mol. The summed E-state index contributed by atoms with van der Waals surface area (Å²) in [6.45, 7) is 13.9. The Morgan fingerprint density at radius 2 is 1.87 bits per heavy atom. The molecule has 1 heterocycles. The van der Waals surface area contributed by atoms with E-state index in [0.717, 1.165) is 31.3 Å². The quantitative estimate of drug-likeness (QED) is 0.337. The third kappa shape index (κ3) is 4.75. The summed E-state index contributed by atoms with van der Waals surface area (Å²) in [6.07, 6.45) is 24.7. The highest BCUT2D eigenvalue weighted by Gasteiger charge is 2.55. The number of allylic oxidation sites excluding steroid dienone is 10. The van der Waals surface area contributed by atoms with Crippen molar-refractivity contribution in [3.05, 3.63) is 71.0 Å². The van der Waals surface area contributed by atoms with E-state index >= 15 is 0 Å². The smallest absolute Gasteiger partial charge is 0.131 e. The lowest BCUT2D eigenvalue weighted by molar-refractivity contribution is -0.0975. The molecule has 0 spiro atoms. The Labute approximate surface area is 236 Å². The minimum Gasteiger partial charge on any atom is -0.389 e. The fraction of sp³-hybridized carbons (Fsp3) is 0.657. The molecule has 4 nitrogen and oxygen atoms in total. The van der Waals surface area contributed by atoms with Crippen LogP contribution in [0.3, 0.4) is 0 Å². The van der Waals surface area contributed by atoms with Crippen molar-refractivity contribution in [2.75, 3.05) is 0 Å². The molecule has 212 valence electrons. The second-order valence-electron chi connectivity index (χ2n) is 14.3. The standard InChI is InChI=1S/C35H50N2O2/c1-21(2)35(5,6)39-31-20-29(36-33(37-31)25-16-10-12-18-30(25)38)26-19-28-32(23-14-8-7-13-22(23)26)24-15-9-11-17-27(24)34(28,3)4/h8-9,11,14-17,20-22,24,26-28,30-31,33,36-38H,7,10,12-13,18-19H2,1-6H3. The van der Waals surface area contributed by atoms with Gasteiger partial charge in [-0.15, -0.1) is 0 Å². The fourth-order valence-corrected chi connectivity index (χ4v) is 8.33. The molecule has 6 aliphatic rings. The maximum atomic E-state index is 11.0. The van der Waals surface area contributed by atoms with Gasteiger partial charge in [0, 0.05) is 17.5 Å². The van der Waals surface area contributed by atoms with E-state index in [-0.39, 0.29) is 23.4 Å². The first-order chi connectivity index (χ1) is 18.6. The second kappa shape index (κ2) is 10.2. The van der Waals surface area contributed by atoms with Crippen molar-refractivity contribution in [2.45, 2.75) is 104 Å². The molecule has 0 bridgehead atoms. The Kier molecular flexibility index (Phi) is 7.13. The van der Waals surface area contributed by atoms with Gasteiger partial charge < -0.3 is 15.2 Å². The van der Waals surface area contributed by atoms with Crippen molar-refractivity contribution in [3.8, 4) is 0 Å². The lowest BCUT2D eigenvalue weighted by Gasteiger charge is -2.47. The van der Waals surface area contributed by atoms with Crippen molar-refractivity contribution in [1.82, 2.24) is 10.6 Å². The molecule has 4 heteroatoms. The molecule has 0 saturated heterocycles. The lowest BCUT2D eigenvalue weighted by Crippen LogP contribution is -2.57. The summed E-state index contributed by atoms with van der Waals surface area (Å²) in [4.78, 5) is 0. The number of hydrogen-bond acceptors (Lipinski definition) is 4. The molecule has 0 aromatic rings. The molecule has 39 heavy (non-hydrogen) atoms. The molecule has 1 saturated carbocycles. The van der Waals surface area contributed by atoms with Gasteiger partial charge in [-0.05, 0) is 98.7 Å². The zero-order chi connectivity index (χ0) is 27.5. The molecule has 0 aromatic heterocycles. The summed E-state index contributed by atoms with van der Waals surface area (Å²) in [5.74, 6) is 2.99. The molecular formula is C35H50N2O2. The lowest BCUT2D eigenvalue weighted by atomic mass is 9.62. The van der Waals surface area contributed by atoms with Crippen molar-refractivity contribution in [2.24, 2.45) is 40.9 Å². The first-order valence-corrected chi connectivity index (χ1v) is 15.6. The van der Waals surface area contributed by atoms with Gasteiger partial charge >= 0.3 is 0 Å². The number of ether oxygens (including phenoxy) is 1. The summed E-state index contributed by atoms with van der Waals surface area (Å²) in [6, 6.07) is 0. The Hall–Kier alpha value is -1.88. The Morgan fingerprint density at radius 1 is 1.08 bits per heavy atom. The first-order valence-electron chi connectivity index (χ1n) is 15.6. The van der Waals surface area contributed by atoms with Gasteiger partial charge in [-0.25, -0.2) is 0 Å². The van der Waals surface area contributed by atoms with E-state index in [4.69, 9.17) is 4.74 Å². The van der Waals surface area contributed by atoms with E-state index in [1.54, 1.807) is 11.1 Å². The molecule has 0 amide bonds. The minimum atomic E-state index is -0.400. The van der Waals surface area contributed by atoms with Gasteiger partial charge in [-0.1, -0.05) is 75.8 Å². The monoisotopic (exact) mass is 530 g/mol. The van der Waals surface area contributed by atoms with Crippen LogP contribution in [0.15, 0.2) is 71.0 Å². The van der Waals surface area contributed by atoms with Crippen LogP contribution in [0.1, 0.15) is 80.1 Å². The summed E-state index contributed by atoms with van der Waals surface area (Å²) >= 11 is 0. The zero-order valence-corrected chi connectivity index (χ0v) is 24.9. The second-order valence-corrected chi connectivity index (χ2v) is 14.3. The van der Waals surface area contributed by atoms with E-state index in [0.29, 0.717) is 35.5 Å². The van der Waals surface area contributed by atoms with Crippen LogP contribution in [0.25, 0.3) is 0 Å². The van der Waals surface area contributed by atoms with E-state index in [1.807, 2.05) is 0 Å². The Bertz CT molecular complexity index is 1150. The van der Waals surface area contributed by atoms with Crippen LogP contribution < -0.4 is 10.6 Å². The van der Waals surface area contributed by atoms with Gasteiger partial charge in [0.05, 0.1) is 11.7 Å². The Morgan fingerprint density at radius 3 is 2.64 bits per heavy atom. The van der Waals surface area contributed by atoms with E-state index < -0.39 is 6.10 Å². The van der Waals surface area contributed by atoms with E-state index in [9.17, 15) is 5.11 Å². The highest BCUT2D eigenvalue weighted by atomic mass is 16.5. The van der Waals surface area contributed by atoms with Crippen molar-refractivity contribution in [1.29, 1.82) is 0 Å². The first kappa shape index (κ1) is 27.3. The molecule has 1 fully saturated rings. The number of aliphatic hydroxyl groups is 1. The van der Waals surface area contributed by atoms with Gasteiger partial charge in [0.2, 0.25) is 0 Å². The summed E-state index contributed by atoms with van der Waals surface area (Å²) in [7, 11) is 0. The average molecular weight is 531 g/mol. The largest absolute Gasteiger partial charge is 0.389 e. The van der Waals surface area contributed by atoms with Crippen molar-refractivity contribution < 1.29 is 9.84 Å². The SMILES string of the molecule is CC(C)C(C)(C)OC1C=C(C2CC3C(=C4C=CCCC42)C2C=CC=CC2C3(C)C)NC(C2=CCCCC2O)N1. The molecule has 3 N–H and O–H groups in total. The number of nitrogens with one attached hydrogen (secondary N) is 2. The van der Waals surface area contributed by atoms with Gasteiger partial charge in [-0.3, -0.25) is 5.32 Å². The van der Waals surface area contributed by atoms with Crippen LogP contribution in [0, 0.1) is 40.9 Å². The molecule has 8 unspecified atom stereocenters.